The number of nitrogens with zero attached hydrogens (tertiary/aromatic N) is 2. The van der Waals surface area contributed by atoms with E-state index < -0.39 is 0 Å². The van der Waals surface area contributed by atoms with Crippen LogP contribution in [0.1, 0.15) is 0 Å². The Morgan fingerprint density at radius 1 is 0.314 bits per heavy atom. The summed E-state index contributed by atoms with van der Waals surface area (Å²) in [4.78, 5) is 4.89. The van der Waals surface area contributed by atoms with E-state index >= 15 is 0 Å². The molecule has 4 aliphatic rings. The molecule has 0 bridgehead atoms. The van der Waals surface area contributed by atoms with Crippen molar-refractivity contribution in [3.63, 3.8) is 0 Å². The van der Waals surface area contributed by atoms with Crippen molar-refractivity contribution in [1.29, 1.82) is 0 Å². The maximum atomic E-state index is 7.12. The van der Waals surface area contributed by atoms with E-state index in [0.717, 1.165) is 124 Å². The van der Waals surface area contributed by atoms with Crippen LogP contribution in [0, 0.1) is 0 Å². The molecule has 11 aromatic rings. The van der Waals surface area contributed by atoms with Crippen LogP contribution in [0.2, 0.25) is 0 Å². The highest BCUT2D eigenvalue weighted by atomic mass is 16.5. The highest BCUT2D eigenvalue weighted by Gasteiger charge is 2.47. The summed E-state index contributed by atoms with van der Waals surface area (Å²) in [6, 6.07) is 80.8. The van der Waals surface area contributed by atoms with Crippen molar-refractivity contribution in [3.8, 4) is 46.0 Å². The Hall–Kier alpha value is -9.13. The number of ether oxygens (including phenoxy) is 4. The predicted octanol–water partition coefficient (Wildman–Crippen LogP) is 12.4. The minimum Gasteiger partial charge on any atom is -0.458 e. The van der Waals surface area contributed by atoms with Crippen LogP contribution in [0.5, 0.6) is 46.0 Å². The van der Waals surface area contributed by atoms with Crippen LogP contribution in [-0.4, -0.2) is 13.4 Å². The van der Waals surface area contributed by atoms with Crippen molar-refractivity contribution in [2.45, 2.75) is 0 Å². The van der Waals surface area contributed by atoms with E-state index in [1.165, 1.54) is 10.9 Å². The van der Waals surface area contributed by atoms with Gasteiger partial charge in [0.2, 0.25) is 0 Å². The molecule has 326 valence electrons. The molecule has 0 unspecified atom stereocenters. The van der Waals surface area contributed by atoms with E-state index in [4.69, 9.17) is 18.9 Å². The fraction of sp³-hybridized carbons (Fsp3) is 0. The van der Waals surface area contributed by atoms with E-state index in [2.05, 4.69) is 180 Å². The topological polar surface area (TPSA) is 43.4 Å². The minimum atomic E-state index is -0.138. The number of rotatable bonds is 6. The van der Waals surface area contributed by atoms with Crippen LogP contribution >= 0.6 is 0 Å². The quantitative estimate of drug-likeness (QED) is 0.155. The Bertz CT molecular complexity index is 3680. The Balaban J connectivity index is 1.02. The average molecular weight is 897 g/mol. The van der Waals surface area contributed by atoms with Crippen LogP contribution < -0.4 is 61.5 Å². The summed E-state index contributed by atoms with van der Waals surface area (Å²) in [6.07, 6.45) is 0. The molecule has 0 atom stereocenters. The number of benzene rings is 11. The van der Waals surface area contributed by atoms with Gasteiger partial charge in [-0.1, -0.05) is 115 Å². The minimum absolute atomic E-state index is 0.138. The molecule has 0 aliphatic carbocycles. The molecule has 70 heavy (non-hydrogen) atoms. The van der Waals surface area contributed by atoms with Gasteiger partial charge in [-0.05, 0) is 159 Å². The van der Waals surface area contributed by atoms with Crippen molar-refractivity contribution < 1.29 is 18.9 Å². The largest absolute Gasteiger partial charge is 0.458 e. The lowest BCUT2D eigenvalue weighted by Crippen LogP contribution is -2.63. The van der Waals surface area contributed by atoms with Gasteiger partial charge in [0.1, 0.15) is 46.0 Å². The maximum absolute atomic E-state index is 7.12. The predicted molar refractivity (Wildman–Crippen MR) is 286 cm³/mol. The molecule has 0 fully saturated rings. The van der Waals surface area contributed by atoms with Crippen LogP contribution in [0.4, 0.5) is 34.1 Å². The van der Waals surface area contributed by atoms with E-state index in [-0.39, 0.29) is 13.4 Å². The smallest absolute Gasteiger partial charge is 0.256 e. The number of para-hydroxylation sites is 6. The van der Waals surface area contributed by atoms with Crippen molar-refractivity contribution >= 4 is 102 Å². The zero-order chi connectivity index (χ0) is 45.9. The van der Waals surface area contributed by atoms with Crippen molar-refractivity contribution in [1.82, 2.24) is 0 Å². The zero-order valence-corrected chi connectivity index (χ0v) is 37.6. The summed E-state index contributed by atoms with van der Waals surface area (Å²) >= 11 is 0. The van der Waals surface area contributed by atoms with Crippen molar-refractivity contribution in [2.75, 3.05) is 9.80 Å². The van der Waals surface area contributed by atoms with Gasteiger partial charge in [0.05, 0.1) is 0 Å². The molecule has 0 aromatic heterocycles. The first-order chi connectivity index (χ1) is 34.7. The molecule has 11 aromatic carbocycles. The highest BCUT2D eigenvalue weighted by Crippen LogP contribution is 2.49. The Kier molecular flexibility index (Phi) is 8.45. The first-order valence-corrected chi connectivity index (χ1v) is 23.8. The molecule has 0 amide bonds. The first kappa shape index (κ1) is 38.9. The second-order valence-electron chi connectivity index (χ2n) is 18.3. The summed E-state index contributed by atoms with van der Waals surface area (Å²) < 4.78 is 27.1. The van der Waals surface area contributed by atoms with Gasteiger partial charge in [0.15, 0.2) is 0 Å². The van der Waals surface area contributed by atoms with Gasteiger partial charge < -0.3 is 28.7 Å². The van der Waals surface area contributed by atoms with Crippen molar-refractivity contribution in [3.05, 3.63) is 231 Å². The number of hydrogen-bond donors (Lipinski definition) is 0. The Morgan fingerprint density at radius 2 is 0.714 bits per heavy atom. The fourth-order valence-electron chi connectivity index (χ4n) is 11.5. The maximum Gasteiger partial charge on any atom is 0.256 e. The summed E-state index contributed by atoms with van der Waals surface area (Å²) in [7, 11) is 0. The normalized spacial score (nSPS) is 13.3. The van der Waals surface area contributed by atoms with Gasteiger partial charge in [-0.3, -0.25) is 0 Å². The third-order valence-corrected chi connectivity index (χ3v) is 14.4. The first-order valence-electron chi connectivity index (χ1n) is 23.8. The summed E-state index contributed by atoms with van der Waals surface area (Å²) in [5.41, 5.74) is 13.4. The molecule has 4 heterocycles. The lowest BCUT2D eigenvalue weighted by molar-refractivity contribution is 0.482. The van der Waals surface area contributed by atoms with E-state index in [1.807, 2.05) is 60.7 Å². The lowest BCUT2D eigenvalue weighted by Gasteiger charge is -2.44. The van der Waals surface area contributed by atoms with Gasteiger partial charge >= 0.3 is 0 Å². The SMILES string of the molecule is c1ccc(Oc2ccc3c4c5c(cc3c2)N(c2ccccc2)c2cc3c(cc2B5c2ccccc2O4)B2c4ccccc4Oc4c2c(cc2cc(Oc5ccccc5)ccc42)N3c2ccccc2)cc1. The van der Waals surface area contributed by atoms with Gasteiger partial charge in [-0.25, -0.2) is 0 Å². The lowest BCUT2D eigenvalue weighted by atomic mass is 9.30. The highest BCUT2D eigenvalue weighted by molar-refractivity contribution is 7.02. The third kappa shape index (κ3) is 5.90. The van der Waals surface area contributed by atoms with Gasteiger partial charge in [0.25, 0.3) is 13.4 Å². The fourth-order valence-corrected chi connectivity index (χ4v) is 11.5. The molecule has 4 aliphatic heterocycles. The Labute approximate surface area is 405 Å². The van der Waals surface area contributed by atoms with Gasteiger partial charge in [0, 0.05) is 44.9 Å². The molecule has 15 rings (SSSR count). The summed E-state index contributed by atoms with van der Waals surface area (Å²) in [5, 5.41) is 4.11. The molecule has 0 saturated heterocycles. The molecule has 6 nitrogen and oxygen atoms in total. The van der Waals surface area contributed by atoms with E-state index in [0.29, 0.717) is 0 Å². The number of anilines is 6. The standard InChI is InChI=1S/C62H38B2N2O4/c1-5-17-41(18-6-1)65-53-38-54-52(37-51(53)63-49-25-13-15-27-57(49)69-61-47-31-29-45(67-43-21-9-3-10-22-43)33-39(47)35-55(65)59(61)63)64-50-26-14-16-28-58(50)70-62-48-32-30-46(68-44-23-11-4-12-24-44)34-40(48)36-56(60(62)64)66(54)42-19-7-2-8-20-42/h1-38H. The Morgan fingerprint density at radius 3 is 1.16 bits per heavy atom. The van der Waals surface area contributed by atoms with Crippen molar-refractivity contribution in [2.24, 2.45) is 0 Å². The molecule has 0 spiro atoms. The third-order valence-electron chi connectivity index (χ3n) is 14.4. The zero-order valence-electron chi connectivity index (χ0n) is 37.6. The van der Waals surface area contributed by atoms with Crippen LogP contribution in [-0.2, 0) is 0 Å². The summed E-state index contributed by atoms with van der Waals surface area (Å²) in [5.74, 6) is 6.54. The number of fused-ring (bicyclic) bond motifs is 12. The summed E-state index contributed by atoms with van der Waals surface area (Å²) in [6.45, 7) is -0.277. The van der Waals surface area contributed by atoms with Crippen LogP contribution in [0.15, 0.2) is 231 Å². The molecule has 0 radical (unpaired) electrons. The second-order valence-corrected chi connectivity index (χ2v) is 18.3. The van der Waals surface area contributed by atoms with Gasteiger partial charge in [-0.2, -0.15) is 0 Å². The monoisotopic (exact) mass is 896 g/mol. The van der Waals surface area contributed by atoms with E-state index in [1.54, 1.807) is 0 Å². The van der Waals surface area contributed by atoms with Gasteiger partial charge in [-0.15, -0.1) is 0 Å². The molecular formula is C62H38B2N2O4. The molecule has 0 N–H and O–H groups in total. The average Bonchev–Trinajstić information content (AvgIpc) is 3.41. The molecular weight excluding hydrogens is 858 g/mol. The molecule has 8 heteroatoms. The number of hydrogen-bond acceptors (Lipinski definition) is 6. The van der Waals surface area contributed by atoms with Crippen LogP contribution in [0.25, 0.3) is 21.5 Å². The second kappa shape index (κ2) is 15.2. The van der Waals surface area contributed by atoms with E-state index in [9.17, 15) is 0 Å². The molecule has 0 saturated carbocycles. The van der Waals surface area contributed by atoms with Crippen LogP contribution in [0.3, 0.4) is 0 Å².